The first-order valence-corrected chi connectivity index (χ1v) is 9.03. The summed E-state index contributed by atoms with van der Waals surface area (Å²) < 4.78 is 10.3. The number of anilines is 1. The molecule has 0 saturated heterocycles. The van der Waals surface area contributed by atoms with E-state index in [1.807, 2.05) is 48.5 Å². The van der Waals surface area contributed by atoms with E-state index in [4.69, 9.17) is 9.47 Å². The van der Waals surface area contributed by atoms with E-state index in [2.05, 4.69) is 5.32 Å². The number of phenolic OH excluding ortho intramolecular Hbond substituents is 1. The van der Waals surface area contributed by atoms with Crippen LogP contribution in [0.3, 0.4) is 0 Å². The van der Waals surface area contributed by atoms with Crippen molar-refractivity contribution in [1.29, 1.82) is 0 Å². The molecule has 6 nitrogen and oxygen atoms in total. The first kappa shape index (κ1) is 19.9. The Balaban J connectivity index is 1.73. The number of hydrogen-bond donors (Lipinski definition) is 2. The number of amides is 1. The van der Waals surface area contributed by atoms with Crippen molar-refractivity contribution in [2.75, 3.05) is 12.4 Å². The number of esters is 1. The Labute approximate surface area is 168 Å². The second-order valence-corrected chi connectivity index (χ2v) is 6.33. The first-order chi connectivity index (χ1) is 14.0. The molecule has 0 aliphatic rings. The van der Waals surface area contributed by atoms with Crippen LogP contribution >= 0.6 is 0 Å². The summed E-state index contributed by atoms with van der Waals surface area (Å²) in [5.41, 5.74) is 2.34. The molecule has 1 atom stereocenters. The summed E-state index contributed by atoms with van der Waals surface area (Å²) in [6.07, 6.45) is -1.07. The van der Waals surface area contributed by atoms with Gasteiger partial charge in [-0.05, 0) is 36.8 Å². The molecule has 0 bridgehead atoms. The van der Waals surface area contributed by atoms with Crippen molar-refractivity contribution in [3.05, 3.63) is 78.4 Å². The molecule has 2 N–H and O–H groups in total. The molecule has 0 spiro atoms. The number of carbonyl (C=O) groups is 2. The average Bonchev–Trinajstić information content (AvgIpc) is 2.75. The van der Waals surface area contributed by atoms with Crippen molar-refractivity contribution in [2.45, 2.75) is 13.0 Å². The van der Waals surface area contributed by atoms with E-state index >= 15 is 0 Å². The van der Waals surface area contributed by atoms with Crippen molar-refractivity contribution < 1.29 is 24.2 Å². The maximum atomic E-state index is 12.6. The van der Waals surface area contributed by atoms with E-state index in [1.165, 1.54) is 32.2 Å². The topological polar surface area (TPSA) is 84.9 Å². The zero-order chi connectivity index (χ0) is 20.8. The lowest BCUT2D eigenvalue weighted by Crippen LogP contribution is -2.30. The predicted molar refractivity (Wildman–Crippen MR) is 110 cm³/mol. The fourth-order valence-corrected chi connectivity index (χ4v) is 2.78. The highest BCUT2D eigenvalue weighted by Gasteiger charge is 2.22. The lowest BCUT2D eigenvalue weighted by atomic mass is 10.0. The average molecular weight is 391 g/mol. The number of hydrogen-bond acceptors (Lipinski definition) is 5. The summed E-state index contributed by atoms with van der Waals surface area (Å²) >= 11 is 0. The lowest BCUT2D eigenvalue weighted by Gasteiger charge is -2.16. The third-order valence-corrected chi connectivity index (χ3v) is 4.35. The molecule has 1 amide bonds. The molecule has 0 aromatic heterocycles. The monoisotopic (exact) mass is 391 g/mol. The Kier molecular flexibility index (Phi) is 6.14. The summed E-state index contributed by atoms with van der Waals surface area (Å²) in [6.45, 7) is 1.47. The van der Waals surface area contributed by atoms with Gasteiger partial charge in [-0.3, -0.25) is 4.79 Å². The number of rotatable bonds is 6. The molecule has 0 fully saturated rings. The third kappa shape index (κ3) is 4.73. The number of nitrogens with one attached hydrogen (secondary N) is 1. The van der Waals surface area contributed by atoms with Crippen LogP contribution in [0, 0.1) is 0 Å². The minimum absolute atomic E-state index is 0.0753. The van der Waals surface area contributed by atoms with E-state index in [0.717, 1.165) is 11.1 Å². The van der Waals surface area contributed by atoms with Gasteiger partial charge in [0.1, 0.15) is 17.1 Å². The fourth-order valence-electron chi connectivity index (χ4n) is 2.78. The Morgan fingerprint density at radius 3 is 2.38 bits per heavy atom. The molecular formula is C23H21NO5. The van der Waals surface area contributed by atoms with Crippen molar-refractivity contribution in [3.63, 3.8) is 0 Å². The van der Waals surface area contributed by atoms with E-state index in [9.17, 15) is 14.7 Å². The van der Waals surface area contributed by atoms with Crippen LogP contribution in [-0.2, 0) is 9.53 Å². The maximum Gasteiger partial charge on any atom is 0.342 e. The van der Waals surface area contributed by atoms with Crippen LogP contribution in [0.5, 0.6) is 11.5 Å². The molecule has 0 aliphatic heterocycles. The largest absolute Gasteiger partial charge is 0.507 e. The number of aromatic hydroxyl groups is 1. The number of carbonyl (C=O) groups excluding carboxylic acids is 2. The first-order valence-electron chi connectivity index (χ1n) is 9.03. The van der Waals surface area contributed by atoms with Gasteiger partial charge in [-0.1, -0.05) is 48.5 Å². The molecule has 29 heavy (non-hydrogen) atoms. The molecule has 3 aromatic carbocycles. The molecule has 3 rings (SSSR count). The van der Waals surface area contributed by atoms with Gasteiger partial charge < -0.3 is 19.9 Å². The molecule has 3 aromatic rings. The van der Waals surface area contributed by atoms with Crippen LogP contribution in [0.2, 0.25) is 0 Å². The molecular weight excluding hydrogens is 370 g/mol. The van der Waals surface area contributed by atoms with Crippen LogP contribution in [-0.4, -0.2) is 30.2 Å². The molecule has 148 valence electrons. The normalized spacial score (nSPS) is 11.4. The van der Waals surface area contributed by atoms with Gasteiger partial charge in [-0.15, -0.1) is 0 Å². The molecule has 0 unspecified atom stereocenters. The zero-order valence-corrected chi connectivity index (χ0v) is 16.1. The number of phenols is 1. The van der Waals surface area contributed by atoms with E-state index in [0.29, 0.717) is 11.4 Å². The highest BCUT2D eigenvalue weighted by Crippen LogP contribution is 2.28. The van der Waals surface area contributed by atoms with E-state index in [-0.39, 0.29) is 11.3 Å². The zero-order valence-electron chi connectivity index (χ0n) is 16.1. The van der Waals surface area contributed by atoms with E-state index in [1.54, 1.807) is 6.07 Å². The lowest BCUT2D eigenvalue weighted by molar-refractivity contribution is -0.123. The fraction of sp³-hybridized carbons (Fsp3) is 0.130. The highest BCUT2D eigenvalue weighted by molar-refractivity contribution is 6.00. The molecule has 6 heteroatoms. The highest BCUT2D eigenvalue weighted by atomic mass is 16.5. The Hall–Kier alpha value is -3.80. The minimum atomic E-state index is -1.07. The molecule has 0 saturated carbocycles. The number of benzene rings is 3. The van der Waals surface area contributed by atoms with Crippen LogP contribution in [0.4, 0.5) is 5.69 Å². The quantitative estimate of drug-likeness (QED) is 0.614. The molecule has 0 heterocycles. The number of ether oxygens (including phenoxy) is 2. The maximum absolute atomic E-state index is 12.6. The van der Waals surface area contributed by atoms with Crippen molar-refractivity contribution in [2.24, 2.45) is 0 Å². The third-order valence-electron chi connectivity index (χ3n) is 4.35. The summed E-state index contributed by atoms with van der Waals surface area (Å²) in [7, 11) is 1.45. The summed E-state index contributed by atoms with van der Waals surface area (Å²) in [4.78, 5) is 25.0. The molecule has 0 aliphatic carbocycles. The van der Waals surface area contributed by atoms with Gasteiger partial charge >= 0.3 is 5.97 Å². The van der Waals surface area contributed by atoms with E-state index < -0.39 is 18.0 Å². The summed E-state index contributed by atoms with van der Waals surface area (Å²) in [5.74, 6) is -1.16. The predicted octanol–water partition coefficient (Wildman–Crippen LogP) is 4.25. The second kappa shape index (κ2) is 8.93. The smallest absolute Gasteiger partial charge is 0.342 e. The van der Waals surface area contributed by atoms with Gasteiger partial charge in [0.15, 0.2) is 6.10 Å². The summed E-state index contributed by atoms with van der Waals surface area (Å²) in [5, 5.41) is 12.7. The standard InChI is InChI=1S/C23H21NO5/c1-15(29-23(27)19-14-17(28-2)12-13-21(19)25)22(26)24-20-11-7-6-10-18(20)16-8-4-3-5-9-16/h3-15,25H,1-2H3,(H,24,26)/t15-/m1/s1. The van der Waals surface area contributed by atoms with Crippen LogP contribution in [0.15, 0.2) is 72.8 Å². The van der Waals surface area contributed by atoms with Crippen molar-refractivity contribution in [1.82, 2.24) is 0 Å². The molecule has 0 radical (unpaired) electrons. The van der Waals surface area contributed by atoms with Gasteiger partial charge in [-0.2, -0.15) is 0 Å². The Bertz CT molecular complexity index is 1020. The van der Waals surface area contributed by atoms with Gasteiger partial charge in [0.2, 0.25) is 0 Å². The minimum Gasteiger partial charge on any atom is -0.507 e. The Morgan fingerprint density at radius 2 is 1.66 bits per heavy atom. The summed E-state index contributed by atoms with van der Waals surface area (Å²) in [6, 6.07) is 21.2. The number of methoxy groups -OCH3 is 1. The van der Waals surface area contributed by atoms with Crippen LogP contribution in [0.25, 0.3) is 11.1 Å². The second-order valence-electron chi connectivity index (χ2n) is 6.33. The van der Waals surface area contributed by atoms with Crippen LogP contribution in [0.1, 0.15) is 17.3 Å². The van der Waals surface area contributed by atoms with Crippen molar-refractivity contribution in [3.8, 4) is 22.6 Å². The van der Waals surface area contributed by atoms with Crippen LogP contribution < -0.4 is 10.1 Å². The van der Waals surface area contributed by atoms with Gasteiger partial charge in [0.25, 0.3) is 5.91 Å². The van der Waals surface area contributed by atoms with Gasteiger partial charge in [-0.25, -0.2) is 4.79 Å². The Morgan fingerprint density at radius 1 is 0.966 bits per heavy atom. The SMILES string of the molecule is COc1ccc(O)c(C(=O)O[C@H](C)C(=O)Nc2ccccc2-c2ccccc2)c1. The van der Waals surface area contributed by atoms with Crippen molar-refractivity contribution >= 4 is 17.6 Å². The van der Waals surface area contributed by atoms with Gasteiger partial charge in [0.05, 0.1) is 7.11 Å². The number of para-hydroxylation sites is 1. The van der Waals surface area contributed by atoms with Gasteiger partial charge in [0, 0.05) is 11.3 Å².